The van der Waals surface area contributed by atoms with E-state index in [-0.39, 0.29) is 18.8 Å². The Balaban J connectivity index is 0. The fraction of sp³-hybridized carbons (Fsp3) is 0.765. The number of rotatable bonds is 11. The van der Waals surface area contributed by atoms with Crippen molar-refractivity contribution in [2.24, 2.45) is 23.7 Å². The van der Waals surface area contributed by atoms with Crippen molar-refractivity contribution in [1.82, 2.24) is 0 Å². The van der Waals surface area contributed by atoms with Crippen molar-refractivity contribution < 1.29 is 39.6 Å². The van der Waals surface area contributed by atoms with Crippen LogP contribution in [0.2, 0.25) is 0 Å². The number of carboxylic acids is 4. The van der Waals surface area contributed by atoms with Crippen LogP contribution in [0, 0.1) is 23.7 Å². The molecule has 25 heavy (non-hydrogen) atoms. The number of hydrogen-bond acceptors (Lipinski definition) is 4. The zero-order valence-corrected chi connectivity index (χ0v) is 15.3. The summed E-state index contributed by atoms with van der Waals surface area (Å²) in [7, 11) is 0. The van der Waals surface area contributed by atoms with E-state index >= 15 is 0 Å². The van der Waals surface area contributed by atoms with Crippen molar-refractivity contribution in [1.29, 1.82) is 0 Å². The van der Waals surface area contributed by atoms with Gasteiger partial charge in [0.1, 0.15) is 0 Å². The lowest BCUT2D eigenvalue weighted by Gasteiger charge is -2.11. The van der Waals surface area contributed by atoms with Gasteiger partial charge in [-0.2, -0.15) is 0 Å². The molecular formula is C17H30O8. The summed E-state index contributed by atoms with van der Waals surface area (Å²) < 4.78 is 0. The molecule has 0 aromatic heterocycles. The van der Waals surface area contributed by atoms with Gasteiger partial charge in [-0.3, -0.25) is 19.2 Å². The summed E-state index contributed by atoms with van der Waals surface area (Å²) in [6, 6.07) is 0. The minimum atomic E-state index is -1.05. The summed E-state index contributed by atoms with van der Waals surface area (Å²) in [4.78, 5) is 41.6. The molecule has 0 spiro atoms. The highest BCUT2D eigenvalue weighted by atomic mass is 16.4. The lowest BCUT2D eigenvalue weighted by atomic mass is 9.94. The van der Waals surface area contributed by atoms with Crippen molar-refractivity contribution in [2.75, 3.05) is 0 Å². The van der Waals surface area contributed by atoms with Gasteiger partial charge in [-0.05, 0) is 24.7 Å². The highest BCUT2D eigenvalue weighted by Gasteiger charge is 2.22. The van der Waals surface area contributed by atoms with Gasteiger partial charge in [0.25, 0.3) is 0 Å². The zero-order valence-electron chi connectivity index (χ0n) is 15.3. The SMILES string of the molecule is CC(C)CC(CC(=O)O)C(=O)O.CC(C)CCC(CC(=O)O)C(=O)O. The van der Waals surface area contributed by atoms with Crippen LogP contribution in [0.4, 0.5) is 0 Å². The molecule has 0 amide bonds. The van der Waals surface area contributed by atoms with Crippen molar-refractivity contribution >= 4 is 23.9 Å². The molecule has 0 saturated heterocycles. The number of carboxylic acid groups (broad SMARTS) is 4. The Kier molecular flexibility index (Phi) is 13.3. The first-order valence-corrected chi connectivity index (χ1v) is 8.25. The molecule has 0 aliphatic rings. The Bertz CT molecular complexity index is 442. The molecule has 0 saturated carbocycles. The Morgan fingerprint density at radius 3 is 1.32 bits per heavy atom. The maximum Gasteiger partial charge on any atom is 0.307 e. The van der Waals surface area contributed by atoms with E-state index in [0.29, 0.717) is 18.8 Å². The molecule has 0 aliphatic carbocycles. The van der Waals surface area contributed by atoms with Crippen LogP contribution in [0.3, 0.4) is 0 Å². The maximum atomic E-state index is 10.6. The van der Waals surface area contributed by atoms with Crippen LogP contribution in [0.15, 0.2) is 0 Å². The second kappa shape index (κ2) is 13.2. The summed E-state index contributed by atoms with van der Waals surface area (Å²) in [5.74, 6) is -4.99. The third kappa shape index (κ3) is 16.5. The molecule has 8 heteroatoms. The van der Waals surface area contributed by atoms with Crippen LogP contribution in [0.25, 0.3) is 0 Å². The molecule has 0 aromatic rings. The molecule has 0 fully saturated rings. The first-order valence-electron chi connectivity index (χ1n) is 8.25. The third-order valence-electron chi connectivity index (χ3n) is 3.39. The number of carbonyl (C=O) groups is 4. The van der Waals surface area contributed by atoms with Crippen molar-refractivity contribution in [2.45, 2.75) is 59.8 Å². The Hall–Kier alpha value is -2.12. The standard InChI is InChI=1S/C9H16O4.C8H14O4/c1-6(2)3-4-7(9(12)13)5-8(10)11;1-5(2)3-6(8(11)12)4-7(9)10/h6-7H,3-5H2,1-2H3,(H,10,11)(H,12,13);5-6H,3-4H2,1-2H3,(H,9,10)(H,11,12). The molecule has 0 aromatic carbocycles. The lowest BCUT2D eigenvalue weighted by Crippen LogP contribution is -2.19. The lowest BCUT2D eigenvalue weighted by molar-refractivity contribution is -0.148. The molecule has 0 heterocycles. The molecule has 146 valence electrons. The molecule has 0 bridgehead atoms. The van der Waals surface area contributed by atoms with Gasteiger partial charge >= 0.3 is 23.9 Å². The van der Waals surface area contributed by atoms with Gasteiger partial charge in [0.05, 0.1) is 24.7 Å². The second-order valence-corrected chi connectivity index (χ2v) is 6.87. The summed E-state index contributed by atoms with van der Waals surface area (Å²) >= 11 is 0. The summed E-state index contributed by atoms with van der Waals surface area (Å²) in [5, 5.41) is 34.1. The van der Waals surface area contributed by atoms with Crippen molar-refractivity contribution in [3.05, 3.63) is 0 Å². The van der Waals surface area contributed by atoms with Gasteiger partial charge in [0.2, 0.25) is 0 Å². The average molecular weight is 362 g/mol. The Labute approximate surface area is 147 Å². The summed E-state index contributed by atoms with van der Waals surface area (Å²) in [5.41, 5.74) is 0. The molecule has 0 rings (SSSR count). The average Bonchev–Trinajstić information content (AvgIpc) is 2.41. The molecule has 8 nitrogen and oxygen atoms in total. The second-order valence-electron chi connectivity index (χ2n) is 6.87. The topological polar surface area (TPSA) is 149 Å². The predicted octanol–water partition coefficient (Wildman–Crippen LogP) is 2.81. The van der Waals surface area contributed by atoms with Crippen LogP contribution in [0.1, 0.15) is 59.8 Å². The van der Waals surface area contributed by atoms with E-state index in [4.69, 9.17) is 20.4 Å². The van der Waals surface area contributed by atoms with Gasteiger partial charge in [-0.15, -0.1) is 0 Å². The molecule has 0 aliphatic heterocycles. The quantitative estimate of drug-likeness (QED) is 0.438. The first kappa shape index (κ1) is 25.1. The predicted molar refractivity (Wildman–Crippen MR) is 90.3 cm³/mol. The van der Waals surface area contributed by atoms with Gasteiger partial charge in [-0.25, -0.2) is 0 Å². The zero-order chi connectivity index (χ0) is 20.2. The maximum absolute atomic E-state index is 10.6. The van der Waals surface area contributed by atoms with Crippen LogP contribution >= 0.6 is 0 Å². The van der Waals surface area contributed by atoms with Gasteiger partial charge in [-0.1, -0.05) is 34.1 Å². The number of aliphatic carboxylic acids is 4. The van der Waals surface area contributed by atoms with Crippen LogP contribution in [0.5, 0.6) is 0 Å². The van der Waals surface area contributed by atoms with E-state index in [1.165, 1.54) is 0 Å². The summed E-state index contributed by atoms with van der Waals surface area (Å²) in [6.45, 7) is 7.72. The van der Waals surface area contributed by atoms with Crippen LogP contribution < -0.4 is 0 Å². The molecule has 0 radical (unpaired) electrons. The van der Waals surface area contributed by atoms with E-state index < -0.39 is 35.7 Å². The monoisotopic (exact) mass is 362 g/mol. The third-order valence-corrected chi connectivity index (χ3v) is 3.39. The van der Waals surface area contributed by atoms with Gasteiger partial charge in [0, 0.05) is 0 Å². The molecule has 2 unspecified atom stereocenters. The smallest absolute Gasteiger partial charge is 0.307 e. The number of hydrogen-bond donors (Lipinski definition) is 4. The molecule has 4 N–H and O–H groups in total. The minimum Gasteiger partial charge on any atom is -0.481 e. The highest BCUT2D eigenvalue weighted by Crippen LogP contribution is 2.16. The summed E-state index contributed by atoms with van der Waals surface area (Å²) in [6.07, 6.45) is 1.06. The van der Waals surface area contributed by atoms with Crippen molar-refractivity contribution in [3.63, 3.8) is 0 Å². The fourth-order valence-corrected chi connectivity index (χ4v) is 2.11. The van der Waals surface area contributed by atoms with E-state index in [1.54, 1.807) is 0 Å². The van der Waals surface area contributed by atoms with Gasteiger partial charge < -0.3 is 20.4 Å². The normalized spacial score (nSPS) is 12.9. The highest BCUT2D eigenvalue weighted by molar-refractivity contribution is 5.78. The molecular weight excluding hydrogens is 332 g/mol. The minimum absolute atomic E-state index is 0.213. The Morgan fingerprint density at radius 1 is 0.640 bits per heavy atom. The fourth-order valence-electron chi connectivity index (χ4n) is 2.11. The van der Waals surface area contributed by atoms with E-state index in [0.717, 1.165) is 6.42 Å². The van der Waals surface area contributed by atoms with E-state index in [9.17, 15) is 19.2 Å². The van der Waals surface area contributed by atoms with E-state index in [1.807, 2.05) is 27.7 Å². The first-order chi connectivity index (χ1) is 11.4. The Morgan fingerprint density at radius 2 is 1.04 bits per heavy atom. The van der Waals surface area contributed by atoms with Crippen LogP contribution in [-0.2, 0) is 19.2 Å². The molecule has 2 atom stereocenters. The van der Waals surface area contributed by atoms with Crippen molar-refractivity contribution in [3.8, 4) is 0 Å². The van der Waals surface area contributed by atoms with E-state index in [2.05, 4.69) is 0 Å². The van der Waals surface area contributed by atoms with Gasteiger partial charge in [0.15, 0.2) is 0 Å². The largest absolute Gasteiger partial charge is 0.481 e. The van der Waals surface area contributed by atoms with Crippen LogP contribution in [-0.4, -0.2) is 44.3 Å².